The summed E-state index contributed by atoms with van der Waals surface area (Å²) in [6.07, 6.45) is 0.408. The second-order valence-electron chi connectivity index (χ2n) is 7.39. The summed E-state index contributed by atoms with van der Waals surface area (Å²) in [5.41, 5.74) is 2.47. The van der Waals surface area contributed by atoms with Crippen molar-refractivity contribution in [2.24, 2.45) is 0 Å². The summed E-state index contributed by atoms with van der Waals surface area (Å²) >= 11 is 0. The van der Waals surface area contributed by atoms with Crippen LogP contribution >= 0.6 is 0 Å². The maximum absolute atomic E-state index is 11.3. The molecule has 1 heterocycles. The van der Waals surface area contributed by atoms with Crippen LogP contribution in [0.2, 0.25) is 0 Å². The molecule has 0 bridgehead atoms. The molecule has 0 amide bonds. The van der Waals surface area contributed by atoms with Crippen molar-refractivity contribution in [1.82, 2.24) is 0 Å². The molecule has 2 atom stereocenters. The maximum atomic E-state index is 11.3. The number of rotatable bonds is 4. The second kappa shape index (κ2) is 5.74. The van der Waals surface area contributed by atoms with Gasteiger partial charge in [0, 0.05) is 23.7 Å². The van der Waals surface area contributed by atoms with Crippen molar-refractivity contribution in [2.45, 2.75) is 50.8 Å². The molecule has 1 aliphatic heterocycles. The Morgan fingerprint density at radius 3 is 2.54 bits per heavy atom. The molecule has 5 heteroatoms. The van der Waals surface area contributed by atoms with Crippen molar-refractivity contribution < 1.29 is 13.0 Å². The van der Waals surface area contributed by atoms with Crippen LogP contribution in [0.25, 0.3) is 10.8 Å². The highest BCUT2D eigenvalue weighted by Crippen LogP contribution is 2.48. The van der Waals surface area contributed by atoms with Gasteiger partial charge in [0.1, 0.15) is 0 Å². The van der Waals surface area contributed by atoms with Gasteiger partial charge in [-0.05, 0) is 42.7 Å². The minimum atomic E-state index is -3.98. The lowest BCUT2D eigenvalue weighted by molar-refractivity contribution is 0.435. The van der Waals surface area contributed by atoms with Gasteiger partial charge in [0.15, 0.2) is 0 Å². The molecule has 2 aromatic rings. The first kappa shape index (κ1) is 17.2. The fourth-order valence-electron chi connectivity index (χ4n) is 3.77. The minimum Gasteiger partial charge on any atom is -0.368 e. The Morgan fingerprint density at radius 2 is 1.88 bits per heavy atom. The zero-order valence-electron chi connectivity index (χ0n) is 14.7. The Hall–Kier alpha value is -1.59. The normalized spacial score (nSPS) is 21.0. The van der Waals surface area contributed by atoms with E-state index in [1.54, 1.807) is 6.92 Å². The van der Waals surface area contributed by atoms with E-state index in [1.807, 2.05) is 6.07 Å². The molecule has 0 radical (unpaired) electrons. The number of hydrogen-bond donors (Lipinski definition) is 1. The molecule has 2 aromatic carbocycles. The summed E-state index contributed by atoms with van der Waals surface area (Å²) in [7, 11) is -3.98. The molecule has 1 N–H and O–H groups in total. The average Bonchev–Trinajstić information content (AvgIpc) is 2.71. The van der Waals surface area contributed by atoms with Gasteiger partial charge in [-0.25, -0.2) is 0 Å². The van der Waals surface area contributed by atoms with E-state index in [0.717, 1.165) is 0 Å². The van der Waals surface area contributed by atoms with Gasteiger partial charge in [0.2, 0.25) is 0 Å². The summed E-state index contributed by atoms with van der Waals surface area (Å²) in [6, 6.07) is 12.9. The van der Waals surface area contributed by atoms with Gasteiger partial charge in [-0.3, -0.25) is 4.55 Å². The summed E-state index contributed by atoms with van der Waals surface area (Å²) < 4.78 is 31.8. The van der Waals surface area contributed by atoms with Crippen LogP contribution < -0.4 is 4.90 Å². The number of anilines is 1. The third kappa shape index (κ3) is 2.70. The van der Waals surface area contributed by atoms with Crippen LogP contribution in [0.15, 0.2) is 36.4 Å². The number of hydrogen-bond acceptors (Lipinski definition) is 3. The molecule has 0 aromatic heterocycles. The van der Waals surface area contributed by atoms with Gasteiger partial charge in [-0.2, -0.15) is 8.42 Å². The zero-order chi connectivity index (χ0) is 17.7. The van der Waals surface area contributed by atoms with Crippen LogP contribution in [0.1, 0.15) is 39.7 Å². The van der Waals surface area contributed by atoms with Crippen molar-refractivity contribution in [1.29, 1.82) is 0 Å². The predicted octanol–water partition coefficient (Wildman–Crippen LogP) is 3.99. The highest BCUT2D eigenvalue weighted by molar-refractivity contribution is 7.86. The highest BCUT2D eigenvalue weighted by atomic mass is 32.2. The molecule has 4 nitrogen and oxygen atoms in total. The fraction of sp³-hybridized carbons (Fsp3) is 0.474. The number of benzene rings is 2. The van der Waals surface area contributed by atoms with E-state index < -0.39 is 15.4 Å². The average molecular weight is 347 g/mol. The van der Waals surface area contributed by atoms with Gasteiger partial charge in [-0.1, -0.05) is 44.2 Å². The third-order valence-electron chi connectivity index (χ3n) is 5.66. The summed E-state index contributed by atoms with van der Waals surface area (Å²) in [5.74, 6) is 0. The molecular weight excluding hydrogens is 322 g/mol. The van der Waals surface area contributed by atoms with Crippen LogP contribution in [0, 0.1) is 0 Å². The Kier molecular flexibility index (Phi) is 4.12. The van der Waals surface area contributed by atoms with Gasteiger partial charge < -0.3 is 4.90 Å². The lowest BCUT2D eigenvalue weighted by Crippen LogP contribution is -2.40. The lowest BCUT2D eigenvalue weighted by Gasteiger charge is -2.32. The molecular formula is C19H25NO3S. The molecule has 0 fully saturated rings. The molecule has 0 saturated carbocycles. The standard InChI is InChI=1S/C19H25NO3S/c1-13(24(21,22)23)11-12-20-14(2)19(3,4)18-16-8-6-5-7-15(16)9-10-17(18)20/h5-10,13-14H,11-12H2,1-4H3,(H,21,22,23). The molecule has 130 valence electrons. The van der Waals surface area contributed by atoms with E-state index in [9.17, 15) is 13.0 Å². The van der Waals surface area contributed by atoms with E-state index >= 15 is 0 Å². The summed E-state index contributed by atoms with van der Waals surface area (Å²) in [4.78, 5) is 2.28. The van der Waals surface area contributed by atoms with E-state index in [1.165, 1.54) is 22.0 Å². The van der Waals surface area contributed by atoms with E-state index in [-0.39, 0.29) is 11.5 Å². The van der Waals surface area contributed by atoms with Gasteiger partial charge in [0.25, 0.3) is 10.1 Å². The molecule has 0 spiro atoms. The third-order valence-corrected chi connectivity index (χ3v) is 6.91. The monoisotopic (exact) mass is 347 g/mol. The topological polar surface area (TPSA) is 57.6 Å². The van der Waals surface area contributed by atoms with Gasteiger partial charge in [-0.15, -0.1) is 0 Å². The van der Waals surface area contributed by atoms with Crippen LogP contribution in [0.4, 0.5) is 5.69 Å². The lowest BCUT2D eigenvalue weighted by atomic mass is 9.79. The Balaban J connectivity index is 2.02. The summed E-state index contributed by atoms with van der Waals surface area (Å²) in [5, 5.41) is 1.74. The van der Waals surface area contributed by atoms with E-state index in [0.29, 0.717) is 13.0 Å². The SMILES string of the molecule is CC1N(CCC(C)S(=O)(=O)O)c2ccc3ccccc3c2C1(C)C. The fourth-order valence-corrected chi connectivity index (χ4v) is 4.17. The van der Waals surface area contributed by atoms with Crippen LogP contribution in [0.5, 0.6) is 0 Å². The van der Waals surface area contributed by atoms with Gasteiger partial charge in [0.05, 0.1) is 5.25 Å². The Morgan fingerprint density at radius 1 is 1.21 bits per heavy atom. The van der Waals surface area contributed by atoms with E-state index in [2.05, 4.69) is 56.0 Å². The molecule has 2 unspecified atom stereocenters. The second-order valence-corrected chi connectivity index (χ2v) is 9.22. The predicted molar refractivity (Wildman–Crippen MR) is 99.4 cm³/mol. The molecule has 1 aliphatic rings. The maximum Gasteiger partial charge on any atom is 0.267 e. The first-order valence-electron chi connectivity index (χ1n) is 8.39. The molecule has 0 saturated heterocycles. The van der Waals surface area contributed by atoms with Crippen molar-refractivity contribution in [2.75, 3.05) is 11.4 Å². The quantitative estimate of drug-likeness (QED) is 0.850. The largest absolute Gasteiger partial charge is 0.368 e. The van der Waals surface area contributed by atoms with Crippen LogP contribution in [0.3, 0.4) is 0 Å². The number of fused-ring (bicyclic) bond motifs is 3. The van der Waals surface area contributed by atoms with Crippen molar-refractivity contribution in [3.8, 4) is 0 Å². The summed E-state index contributed by atoms with van der Waals surface area (Å²) in [6.45, 7) is 8.84. The first-order valence-corrected chi connectivity index (χ1v) is 9.89. The van der Waals surface area contributed by atoms with Crippen LogP contribution in [-0.2, 0) is 15.5 Å². The zero-order valence-corrected chi connectivity index (χ0v) is 15.5. The minimum absolute atomic E-state index is 0.0302. The van der Waals surface area contributed by atoms with Gasteiger partial charge >= 0.3 is 0 Å². The first-order chi connectivity index (χ1) is 11.1. The molecule has 24 heavy (non-hydrogen) atoms. The van der Waals surface area contributed by atoms with Crippen molar-refractivity contribution in [3.05, 3.63) is 42.0 Å². The molecule has 3 rings (SSSR count). The van der Waals surface area contributed by atoms with Crippen molar-refractivity contribution >= 4 is 26.6 Å². The Labute approximate surface area is 144 Å². The molecule has 0 aliphatic carbocycles. The van der Waals surface area contributed by atoms with E-state index in [4.69, 9.17) is 0 Å². The Bertz CT molecular complexity index is 873. The smallest absolute Gasteiger partial charge is 0.267 e. The highest BCUT2D eigenvalue weighted by Gasteiger charge is 2.42. The number of nitrogens with zero attached hydrogens (tertiary/aromatic N) is 1. The van der Waals surface area contributed by atoms with Crippen molar-refractivity contribution in [3.63, 3.8) is 0 Å². The van der Waals surface area contributed by atoms with Crippen LogP contribution in [-0.4, -0.2) is 30.8 Å².